The zero-order valence-corrected chi connectivity index (χ0v) is 10.2. The van der Waals surface area contributed by atoms with Crippen LogP contribution in [0.5, 0.6) is 0 Å². The molecule has 88 valence electrons. The summed E-state index contributed by atoms with van der Waals surface area (Å²) >= 11 is 1.83. The predicted octanol–water partition coefficient (Wildman–Crippen LogP) is 1.80. The van der Waals surface area contributed by atoms with Gasteiger partial charge < -0.3 is 10.5 Å². The van der Waals surface area contributed by atoms with Crippen LogP contribution in [0.1, 0.15) is 32.1 Å². The van der Waals surface area contributed by atoms with Gasteiger partial charge in [0.2, 0.25) is 0 Å². The lowest BCUT2D eigenvalue weighted by Crippen LogP contribution is -2.24. The van der Waals surface area contributed by atoms with Crippen molar-refractivity contribution < 1.29 is 9.53 Å². The first-order valence-electron chi connectivity index (χ1n) is 5.64. The molecule has 1 aliphatic rings. The summed E-state index contributed by atoms with van der Waals surface area (Å²) in [5.41, 5.74) is 5.98. The van der Waals surface area contributed by atoms with Gasteiger partial charge in [-0.3, -0.25) is 4.79 Å². The summed E-state index contributed by atoms with van der Waals surface area (Å²) in [4.78, 5) is 10.8. The van der Waals surface area contributed by atoms with E-state index in [0.29, 0.717) is 12.5 Å². The van der Waals surface area contributed by atoms with Crippen molar-refractivity contribution in [2.24, 2.45) is 11.7 Å². The summed E-state index contributed by atoms with van der Waals surface area (Å²) in [6.07, 6.45) is 5.50. The maximum Gasteiger partial charge on any atom is 0.306 e. The molecule has 1 saturated carbocycles. The largest absolute Gasteiger partial charge is 0.469 e. The van der Waals surface area contributed by atoms with Crippen molar-refractivity contribution in [2.75, 3.05) is 18.6 Å². The first-order valence-corrected chi connectivity index (χ1v) is 6.79. The van der Waals surface area contributed by atoms with Crippen molar-refractivity contribution >= 4 is 17.7 Å². The third kappa shape index (κ3) is 4.89. The molecule has 2 atom stereocenters. The Morgan fingerprint density at radius 3 is 2.87 bits per heavy atom. The average Bonchev–Trinajstić information content (AvgIpc) is 2.63. The second-order valence-electron chi connectivity index (χ2n) is 4.08. The Labute approximate surface area is 96.1 Å². The Balaban J connectivity index is 1.95. The van der Waals surface area contributed by atoms with E-state index in [1.165, 1.54) is 32.8 Å². The van der Waals surface area contributed by atoms with Gasteiger partial charge >= 0.3 is 5.97 Å². The summed E-state index contributed by atoms with van der Waals surface area (Å²) in [6, 6.07) is 0.422. The maximum atomic E-state index is 10.8. The molecule has 0 aliphatic heterocycles. The van der Waals surface area contributed by atoms with E-state index >= 15 is 0 Å². The molecule has 0 radical (unpaired) electrons. The normalized spacial score (nSPS) is 25.5. The van der Waals surface area contributed by atoms with E-state index in [9.17, 15) is 4.79 Å². The van der Waals surface area contributed by atoms with E-state index < -0.39 is 0 Å². The summed E-state index contributed by atoms with van der Waals surface area (Å²) < 4.78 is 4.57. The molecule has 0 saturated heterocycles. The van der Waals surface area contributed by atoms with Crippen LogP contribution in [0.25, 0.3) is 0 Å². The zero-order valence-electron chi connectivity index (χ0n) is 9.41. The molecule has 0 aromatic heterocycles. The van der Waals surface area contributed by atoms with Crippen LogP contribution in [0.4, 0.5) is 0 Å². The second kappa shape index (κ2) is 7.12. The van der Waals surface area contributed by atoms with Gasteiger partial charge in [-0.2, -0.15) is 11.8 Å². The molecule has 2 N–H and O–H groups in total. The molecule has 0 amide bonds. The highest BCUT2D eigenvalue weighted by molar-refractivity contribution is 7.99. The molecule has 2 unspecified atom stereocenters. The van der Waals surface area contributed by atoms with Gasteiger partial charge in [-0.15, -0.1) is 0 Å². The molecule has 0 heterocycles. The van der Waals surface area contributed by atoms with Crippen molar-refractivity contribution in [3.63, 3.8) is 0 Å². The van der Waals surface area contributed by atoms with Crippen molar-refractivity contribution in [3.8, 4) is 0 Å². The van der Waals surface area contributed by atoms with Gasteiger partial charge in [0, 0.05) is 11.8 Å². The summed E-state index contributed by atoms with van der Waals surface area (Å²) in [5.74, 6) is 2.60. The molecule has 0 aromatic rings. The van der Waals surface area contributed by atoms with E-state index in [1.807, 2.05) is 11.8 Å². The monoisotopic (exact) mass is 231 g/mol. The molecule has 1 aliphatic carbocycles. The Hall–Kier alpha value is -0.220. The van der Waals surface area contributed by atoms with Crippen LogP contribution in [0.15, 0.2) is 0 Å². The molecule has 0 bridgehead atoms. The van der Waals surface area contributed by atoms with Gasteiger partial charge in [0.05, 0.1) is 13.5 Å². The number of ether oxygens (including phenoxy) is 1. The van der Waals surface area contributed by atoms with E-state index in [0.717, 1.165) is 17.4 Å². The fourth-order valence-corrected chi connectivity index (χ4v) is 3.00. The SMILES string of the molecule is COC(=O)CCSCCC1CCCC1N. The highest BCUT2D eigenvalue weighted by Gasteiger charge is 2.22. The lowest BCUT2D eigenvalue weighted by molar-refractivity contribution is -0.140. The number of rotatable bonds is 6. The Morgan fingerprint density at radius 1 is 1.47 bits per heavy atom. The molecule has 3 nitrogen and oxygen atoms in total. The van der Waals surface area contributed by atoms with Crippen LogP contribution in [0.3, 0.4) is 0 Å². The van der Waals surface area contributed by atoms with Crippen molar-refractivity contribution in [2.45, 2.75) is 38.1 Å². The zero-order chi connectivity index (χ0) is 11.1. The quantitative estimate of drug-likeness (QED) is 0.559. The first kappa shape index (κ1) is 12.8. The standard InChI is InChI=1S/C11H21NO2S/c1-14-11(13)6-8-15-7-5-9-3-2-4-10(9)12/h9-10H,2-8,12H2,1H3. The molecular weight excluding hydrogens is 210 g/mol. The highest BCUT2D eigenvalue weighted by Crippen LogP contribution is 2.27. The smallest absolute Gasteiger partial charge is 0.306 e. The maximum absolute atomic E-state index is 10.8. The third-order valence-electron chi connectivity index (χ3n) is 3.03. The minimum atomic E-state index is -0.111. The van der Waals surface area contributed by atoms with E-state index in [2.05, 4.69) is 4.74 Å². The fraction of sp³-hybridized carbons (Fsp3) is 0.909. The van der Waals surface area contributed by atoms with Crippen LogP contribution in [-0.4, -0.2) is 30.6 Å². The minimum absolute atomic E-state index is 0.111. The number of esters is 1. The molecule has 15 heavy (non-hydrogen) atoms. The molecule has 1 fully saturated rings. The summed E-state index contributed by atoms with van der Waals surface area (Å²) in [6.45, 7) is 0. The number of methoxy groups -OCH3 is 1. The summed E-state index contributed by atoms with van der Waals surface area (Å²) in [7, 11) is 1.44. The average molecular weight is 231 g/mol. The lowest BCUT2D eigenvalue weighted by Gasteiger charge is -2.14. The molecule has 4 heteroatoms. The minimum Gasteiger partial charge on any atom is -0.469 e. The number of hydrogen-bond donors (Lipinski definition) is 1. The predicted molar refractivity (Wildman–Crippen MR) is 63.9 cm³/mol. The van der Waals surface area contributed by atoms with Gasteiger partial charge in [0.1, 0.15) is 0 Å². The van der Waals surface area contributed by atoms with Gasteiger partial charge in [0.15, 0.2) is 0 Å². The van der Waals surface area contributed by atoms with Crippen molar-refractivity contribution in [1.82, 2.24) is 0 Å². The fourth-order valence-electron chi connectivity index (χ4n) is 2.02. The van der Waals surface area contributed by atoms with E-state index in [1.54, 1.807) is 0 Å². The van der Waals surface area contributed by atoms with Crippen molar-refractivity contribution in [1.29, 1.82) is 0 Å². The van der Waals surface area contributed by atoms with Crippen LogP contribution in [-0.2, 0) is 9.53 Å². The molecule has 0 spiro atoms. The first-order chi connectivity index (χ1) is 7.24. The Kier molecular flexibility index (Phi) is 6.10. The Morgan fingerprint density at radius 2 is 2.27 bits per heavy atom. The van der Waals surface area contributed by atoms with Crippen LogP contribution < -0.4 is 5.73 Å². The number of hydrogen-bond acceptors (Lipinski definition) is 4. The van der Waals surface area contributed by atoms with Gasteiger partial charge in [0.25, 0.3) is 0 Å². The third-order valence-corrected chi connectivity index (χ3v) is 4.05. The molecule has 1 rings (SSSR count). The van der Waals surface area contributed by atoms with Crippen molar-refractivity contribution in [3.05, 3.63) is 0 Å². The number of nitrogens with two attached hydrogens (primary N) is 1. The van der Waals surface area contributed by atoms with Gasteiger partial charge in [-0.1, -0.05) is 6.42 Å². The molecular formula is C11H21NO2S. The van der Waals surface area contributed by atoms with E-state index in [-0.39, 0.29) is 5.97 Å². The summed E-state index contributed by atoms with van der Waals surface area (Å²) in [5, 5.41) is 0. The number of carbonyl (C=O) groups excluding carboxylic acids is 1. The number of carbonyl (C=O) groups is 1. The van der Waals surface area contributed by atoms with Crippen LogP contribution >= 0.6 is 11.8 Å². The van der Waals surface area contributed by atoms with E-state index in [4.69, 9.17) is 5.73 Å². The highest BCUT2D eigenvalue weighted by atomic mass is 32.2. The number of thioether (sulfide) groups is 1. The van der Waals surface area contributed by atoms with Crippen LogP contribution in [0.2, 0.25) is 0 Å². The van der Waals surface area contributed by atoms with Gasteiger partial charge in [-0.05, 0) is 30.9 Å². The molecule has 0 aromatic carbocycles. The van der Waals surface area contributed by atoms with Crippen LogP contribution in [0, 0.1) is 5.92 Å². The topological polar surface area (TPSA) is 52.3 Å². The van der Waals surface area contributed by atoms with Gasteiger partial charge in [-0.25, -0.2) is 0 Å². The second-order valence-corrected chi connectivity index (χ2v) is 5.31. The lowest BCUT2D eigenvalue weighted by atomic mass is 10.0. The Bertz CT molecular complexity index is 199.